The van der Waals surface area contributed by atoms with E-state index < -0.39 is 11.1 Å². The van der Waals surface area contributed by atoms with E-state index in [9.17, 15) is 14.5 Å². The van der Waals surface area contributed by atoms with E-state index in [4.69, 9.17) is 11.6 Å². The van der Waals surface area contributed by atoms with Gasteiger partial charge in [0.25, 0.3) is 0 Å². The van der Waals surface area contributed by atoms with Gasteiger partial charge in [0.1, 0.15) is 11.3 Å². The highest BCUT2D eigenvalue weighted by atomic mass is 35.5. The van der Waals surface area contributed by atoms with Crippen molar-refractivity contribution in [2.45, 2.75) is 19.5 Å². The van der Waals surface area contributed by atoms with Crippen molar-refractivity contribution in [2.75, 3.05) is 18.0 Å². The smallest absolute Gasteiger partial charge is 0.314 e. The third kappa shape index (κ3) is 2.31. The number of rotatable bonds is 2. The zero-order valence-corrected chi connectivity index (χ0v) is 9.95. The Morgan fingerprint density at radius 2 is 2.41 bits per heavy atom. The van der Waals surface area contributed by atoms with Crippen molar-refractivity contribution in [3.05, 3.63) is 26.9 Å². The average Bonchev–Trinajstić information content (AvgIpc) is 2.62. The van der Waals surface area contributed by atoms with E-state index in [2.05, 4.69) is 4.98 Å². The minimum Gasteiger partial charge on any atom is -0.348 e. The number of hydrogen-bond donors (Lipinski definition) is 0. The molecule has 1 fully saturated rings. The number of anilines is 1. The third-order valence-corrected chi connectivity index (χ3v) is 2.94. The van der Waals surface area contributed by atoms with E-state index in [0.717, 1.165) is 0 Å². The first-order valence-corrected chi connectivity index (χ1v) is 5.57. The molecule has 0 N–H and O–H groups in total. The zero-order valence-electron chi connectivity index (χ0n) is 9.19. The number of nitro groups is 1. The van der Waals surface area contributed by atoms with Gasteiger partial charge in [0.15, 0.2) is 0 Å². The molecule has 1 aliphatic heterocycles. The summed E-state index contributed by atoms with van der Waals surface area (Å²) in [5, 5.41) is 11.2. The lowest BCUT2D eigenvalue weighted by Gasteiger charge is -2.17. The number of alkyl halides is 1. The Kier molecular flexibility index (Phi) is 3.15. The largest absolute Gasteiger partial charge is 0.348 e. The minimum atomic E-state index is -0.962. The van der Waals surface area contributed by atoms with Crippen molar-refractivity contribution >= 4 is 23.1 Å². The number of pyridine rings is 1. The Labute approximate surface area is 102 Å². The number of hydrogen-bond acceptors (Lipinski definition) is 4. The monoisotopic (exact) mass is 259 g/mol. The highest BCUT2D eigenvalue weighted by molar-refractivity contribution is 6.29. The molecule has 0 saturated carbocycles. The van der Waals surface area contributed by atoms with Gasteiger partial charge in [-0.15, -0.1) is 0 Å². The summed E-state index contributed by atoms with van der Waals surface area (Å²) >= 11 is 5.79. The van der Waals surface area contributed by atoms with Gasteiger partial charge in [0, 0.05) is 12.1 Å². The zero-order chi connectivity index (χ0) is 12.6. The van der Waals surface area contributed by atoms with E-state index in [0.29, 0.717) is 18.5 Å². The first kappa shape index (κ1) is 12.0. The van der Waals surface area contributed by atoms with Crippen LogP contribution in [0.5, 0.6) is 0 Å². The molecule has 2 heterocycles. The van der Waals surface area contributed by atoms with Gasteiger partial charge in [-0.3, -0.25) is 10.1 Å². The highest BCUT2D eigenvalue weighted by Crippen LogP contribution is 2.33. The molecule has 5 nitrogen and oxygen atoms in total. The molecule has 1 aromatic heterocycles. The molecule has 1 aliphatic rings. The maximum absolute atomic E-state index is 13.1. The molecule has 0 aliphatic carbocycles. The lowest BCUT2D eigenvalue weighted by molar-refractivity contribution is -0.384. The standard InChI is InChI=1S/C10H11ClFN3O2/c1-6-4-8(11)13-10(9(6)15(16)17)14-3-2-7(12)5-14/h4,7H,2-3,5H2,1H3/t7-/m0/s1. The number of nitrogens with zero attached hydrogens (tertiary/aromatic N) is 3. The number of aryl methyl sites for hydroxylation is 1. The minimum absolute atomic E-state index is 0.0940. The second-order valence-electron chi connectivity index (χ2n) is 4.02. The second-order valence-corrected chi connectivity index (χ2v) is 4.41. The van der Waals surface area contributed by atoms with Crippen LogP contribution in [0.4, 0.5) is 15.9 Å². The fraction of sp³-hybridized carbons (Fsp3) is 0.500. The van der Waals surface area contributed by atoms with Crippen molar-refractivity contribution in [1.29, 1.82) is 0 Å². The first-order valence-electron chi connectivity index (χ1n) is 5.19. The normalized spacial score (nSPS) is 19.7. The molecule has 0 radical (unpaired) electrons. The molecule has 92 valence electrons. The molecule has 1 aromatic rings. The molecule has 1 saturated heterocycles. The Morgan fingerprint density at radius 3 is 2.94 bits per heavy atom. The summed E-state index contributed by atoms with van der Waals surface area (Å²) < 4.78 is 13.1. The van der Waals surface area contributed by atoms with Crippen LogP contribution in [0.15, 0.2) is 6.07 Å². The Morgan fingerprint density at radius 1 is 1.71 bits per heavy atom. The van der Waals surface area contributed by atoms with Crippen LogP contribution in [-0.4, -0.2) is 29.2 Å². The van der Waals surface area contributed by atoms with Gasteiger partial charge in [0.05, 0.1) is 11.5 Å². The van der Waals surface area contributed by atoms with Gasteiger partial charge in [-0.1, -0.05) is 11.6 Å². The average molecular weight is 260 g/mol. The Balaban J connectivity index is 2.47. The summed E-state index contributed by atoms with van der Waals surface area (Å²) in [6.07, 6.45) is -0.597. The molecule has 2 rings (SSSR count). The van der Waals surface area contributed by atoms with Crippen molar-refractivity contribution in [3.63, 3.8) is 0 Å². The van der Waals surface area contributed by atoms with Gasteiger partial charge >= 0.3 is 5.69 Å². The maximum Gasteiger partial charge on any atom is 0.314 e. The molecule has 17 heavy (non-hydrogen) atoms. The Bertz CT molecular complexity index is 469. The van der Waals surface area contributed by atoms with Crippen molar-refractivity contribution in [2.24, 2.45) is 0 Å². The Hall–Kier alpha value is -1.43. The predicted molar refractivity (Wildman–Crippen MR) is 62.4 cm³/mol. The van der Waals surface area contributed by atoms with Crippen molar-refractivity contribution < 1.29 is 9.31 Å². The number of aromatic nitrogens is 1. The molecular formula is C10H11ClFN3O2. The van der Waals surface area contributed by atoms with Gasteiger partial charge in [-0.05, 0) is 19.4 Å². The molecule has 0 unspecified atom stereocenters. The molecule has 0 bridgehead atoms. The van der Waals surface area contributed by atoms with Crippen LogP contribution in [-0.2, 0) is 0 Å². The first-order chi connectivity index (χ1) is 7.99. The number of halogens is 2. The van der Waals surface area contributed by atoms with Crippen LogP contribution in [0.25, 0.3) is 0 Å². The van der Waals surface area contributed by atoms with E-state index >= 15 is 0 Å². The van der Waals surface area contributed by atoms with Crippen LogP contribution in [0, 0.1) is 17.0 Å². The van der Waals surface area contributed by atoms with Crippen LogP contribution < -0.4 is 4.90 Å². The summed E-state index contributed by atoms with van der Waals surface area (Å²) in [5.74, 6) is 0.167. The van der Waals surface area contributed by atoms with Crippen LogP contribution in [0.3, 0.4) is 0 Å². The van der Waals surface area contributed by atoms with Crippen LogP contribution in [0.2, 0.25) is 5.15 Å². The SMILES string of the molecule is Cc1cc(Cl)nc(N2CC[C@H](F)C2)c1[N+](=O)[O-]. The fourth-order valence-electron chi connectivity index (χ4n) is 1.97. The van der Waals surface area contributed by atoms with E-state index in [1.807, 2.05) is 0 Å². The van der Waals surface area contributed by atoms with Gasteiger partial charge in [0.2, 0.25) is 5.82 Å². The van der Waals surface area contributed by atoms with Crippen molar-refractivity contribution in [3.8, 4) is 0 Å². The summed E-state index contributed by atoms with van der Waals surface area (Å²) in [4.78, 5) is 16.0. The van der Waals surface area contributed by atoms with E-state index in [1.54, 1.807) is 11.8 Å². The second kappa shape index (κ2) is 4.44. The summed E-state index contributed by atoms with van der Waals surface area (Å²) in [7, 11) is 0. The van der Waals surface area contributed by atoms with Crippen molar-refractivity contribution in [1.82, 2.24) is 4.98 Å². The quantitative estimate of drug-likeness (QED) is 0.465. The van der Waals surface area contributed by atoms with Crippen LogP contribution in [0.1, 0.15) is 12.0 Å². The summed E-state index contributed by atoms with van der Waals surface area (Å²) in [5.41, 5.74) is 0.343. The van der Waals surface area contributed by atoms with Gasteiger partial charge in [-0.25, -0.2) is 9.37 Å². The summed E-state index contributed by atoms with van der Waals surface area (Å²) in [6.45, 7) is 2.15. The molecule has 0 spiro atoms. The topological polar surface area (TPSA) is 59.3 Å². The predicted octanol–water partition coefficient (Wildman–Crippen LogP) is 2.50. The fourth-order valence-corrected chi connectivity index (χ4v) is 2.21. The third-order valence-electron chi connectivity index (χ3n) is 2.75. The molecule has 0 aromatic carbocycles. The molecule has 7 heteroatoms. The van der Waals surface area contributed by atoms with Gasteiger partial charge in [-0.2, -0.15) is 0 Å². The molecule has 1 atom stereocenters. The lowest BCUT2D eigenvalue weighted by Crippen LogP contribution is -2.22. The maximum atomic E-state index is 13.1. The molecular weight excluding hydrogens is 249 g/mol. The van der Waals surface area contributed by atoms with Crippen LogP contribution >= 0.6 is 11.6 Å². The van der Waals surface area contributed by atoms with Gasteiger partial charge < -0.3 is 4.90 Å². The summed E-state index contributed by atoms with van der Waals surface area (Å²) in [6, 6.07) is 1.44. The highest BCUT2D eigenvalue weighted by Gasteiger charge is 2.30. The van der Waals surface area contributed by atoms with E-state index in [1.165, 1.54) is 6.07 Å². The molecule has 0 amide bonds. The lowest BCUT2D eigenvalue weighted by atomic mass is 10.2. The van der Waals surface area contributed by atoms with E-state index in [-0.39, 0.29) is 23.2 Å².